The molecule has 0 aliphatic carbocycles. The first kappa shape index (κ1) is 32.0. The molecule has 2 N–H and O–H groups in total. The number of carbonyl (C=O) groups is 3. The number of hydrogen-bond donors (Lipinski definition) is 2. The standard InChI is InChI=1S/C25H46N2O7/c1-3-16-31-18-19-32-20-21-34-23(28)22-33-17-14-12-10-8-6-4-5-7-9-11-13-15-27-25(30)24(29)26-2/h5,7H,3-4,6,8-22H2,1-2H3,(H,26,29)(H,27,30)/b7-5-. The Morgan fingerprint density at radius 3 is 2.00 bits per heavy atom. The molecule has 0 bridgehead atoms. The van der Waals surface area contributed by atoms with Crippen LogP contribution in [0.1, 0.15) is 71.1 Å². The average molecular weight is 487 g/mol. The molecule has 0 heterocycles. The van der Waals surface area contributed by atoms with Crippen molar-refractivity contribution >= 4 is 17.8 Å². The molecule has 9 nitrogen and oxygen atoms in total. The van der Waals surface area contributed by atoms with E-state index in [1.54, 1.807) is 0 Å². The molecule has 0 aromatic heterocycles. The fourth-order valence-electron chi connectivity index (χ4n) is 2.89. The Morgan fingerprint density at radius 2 is 1.29 bits per heavy atom. The molecule has 0 unspecified atom stereocenters. The summed E-state index contributed by atoms with van der Waals surface area (Å²) in [5, 5.41) is 4.88. The molecule has 0 rings (SSSR count). The number of allylic oxidation sites excluding steroid dienone is 2. The van der Waals surface area contributed by atoms with Gasteiger partial charge in [-0.05, 0) is 44.9 Å². The predicted molar refractivity (Wildman–Crippen MR) is 131 cm³/mol. The molecule has 9 heteroatoms. The minimum Gasteiger partial charge on any atom is -0.462 e. The Hall–Kier alpha value is -1.97. The highest BCUT2D eigenvalue weighted by molar-refractivity contribution is 6.34. The van der Waals surface area contributed by atoms with Crippen LogP contribution in [0, 0.1) is 0 Å². The average Bonchev–Trinajstić information content (AvgIpc) is 2.84. The van der Waals surface area contributed by atoms with Gasteiger partial charge in [0.1, 0.15) is 13.2 Å². The monoisotopic (exact) mass is 486 g/mol. The summed E-state index contributed by atoms with van der Waals surface area (Å²) in [5.74, 6) is -1.53. The van der Waals surface area contributed by atoms with Crippen LogP contribution in [0.5, 0.6) is 0 Å². The number of ether oxygens (including phenoxy) is 4. The summed E-state index contributed by atoms with van der Waals surface area (Å²) < 4.78 is 21.0. The third-order valence-electron chi connectivity index (χ3n) is 4.77. The van der Waals surface area contributed by atoms with Gasteiger partial charge in [0, 0.05) is 26.8 Å². The maximum absolute atomic E-state index is 11.5. The second-order valence-corrected chi connectivity index (χ2v) is 7.86. The van der Waals surface area contributed by atoms with Crippen molar-refractivity contribution in [2.75, 3.05) is 59.8 Å². The van der Waals surface area contributed by atoms with E-state index in [-0.39, 0.29) is 19.2 Å². The Bertz CT molecular complexity index is 541. The minimum atomic E-state index is -0.603. The van der Waals surface area contributed by atoms with Gasteiger partial charge in [0.15, 0.2) is 0 Å². The first-order chi connectivity index (χ1) is 16.6. The lowest BCUT2D eigenvalue weighted by atomic mass is 10.1. The lowest BCUT2D eigenvalue weighted by Gasteiger charge is -2.07. The number of unbranched alkanes of at least 4 members (excludes halogenated alkanes) is 7. The molecule has 0 aromatic carbocycles. The predicted octanol–water partition coefficient (Wildman–Crippen LogP) is 2.92. The molecular formula is C25H46N2O7. The highest BCUT2D eigenvalue weighted by Crippen LogP contribution is 2.07. The second-order valence-electron chi connectivity index (χ2n) is 7.86. The number of nitrogens with one attached hydrogen (secondary N) is 2. The van der Waals surface area contributed by atoms with Gasteiger partial charge in [-0.25, -0.2) is 4.79 Å². The van der Waals surface area contributed by atoms with E-state index in [1.165, 1.54) is 19.9 Å². The second kappa shape index (κ2) is 25.6. The number of hydrogen-bond acceptors (Lipinski definition) is 7. The van der Waals surface area contributed by atoms with Crippen LogP contribution >= 0.6 is 0 Å². The maximum atomic E-state index is 11.5. The lowest BCUT2D eigenvalue weighted by Crippen LogP contribution is -2.38. The van der Waals surface area contributed by atoms with Crippen molar-refractivity contribution in [1.82, 2.24) is 10.6 Å². The molecule has 0 atom stereocenters. The quantitative estimate of drug-likeness (QED) is 0.0988. The molecule has 0 fully saturated rings. The summed E-state index contributed by atoms with van der Waals surface area (Å²) in [5.41, 5.74) is 0. The molecule has 0 aliphatic heterocycles. The van der Waals surface area contributed by atoms with Crippen molar-refractivity contribution in [1.29, 1.82) is 0 Å². The molecule has 2 amide bonds. The van der Waals surface area contributed by atoms with Crippen LogP contribution < -0.4 is 10.6 Å². The molecule has 0 aliphatic rings. The van der Waals surface area contributed by atoms with E-state index in [1.807, 2.05) is 0 Å². The van der Waals surface area contributed by atoms with Crippen molar-refractivity contribution in [3.8, 4) is 0 Å². The lowest BCUT2D eigenvalue weighted by molar-refractivity contribution is -0.150. The SMILES string of the molecule is CCCOCCOCCOC(=O)COCCCCCCC/C=C\CCCCNC(=O)C(=O)NC. The van der Waals surface area contributed by atoms with Crippen LogP contribution in [0.3, 0.4) is 0 Å². The van der Waals surface area contributed by atoms with E-state index >= 15 is 0 Å². The van der Waals surface area contributed by atoms with Crippen LogP contribution in [0.25, 0.3) is 0 Å². The number of likely N-dealkylation sites (N-methyl/N-ethyl adjacent to an activating group) is 1. The highest BCUT2D eigenvalue weighted by Gasteiger charge is 2.08. The van der Waals surface area contributed by atoms with Crippen LogP contribution in [0.15, 0.2) is 12.2 Å². The smallest absolute Gasteiger partial charge is 0.332 e. The molecule has 0 spiro atoms. The van der Waals surface area contributed by atoms with Crippen molar-refractivity contribution in [2.24, 2.45) is 0 Å². The zero-order valence-corrected chi connectivity index (χ0v) is 21.2. The van der Waals surface area contributed by atoms with Gasteiger partial charge < -0.3 is 29.6 Å². The summed E-state index contributed by atoms with van der Waals surface area (Å²) in [7, 11) is 1.44. The first-order valence-electron chi connectivity index (χ1n) is 12.7. The third-order valence-corrected chi connectivity index (χ3v) is 4.77. The number of amides is 2. The largest absolute Gasteiger partial charge is 0.462 e. The van der Waals surface area contributed by atoms with Crippen LogP contribution in [-0.2, 0) is 33.3 Å². The fourth-order valence-corrected chi connectivity index (χ4v) is 2.89. The molecular weight excluding hydrogens is 440 g/mol. The van der Waals surface area contributed by atoms with Gasteiger partial charge in [0.05, 0.1) is 19.8 Å². The van der Waals surface area contributed by atoms with E-state index in [4.69, 9.17) is 18.9 Å². The van der Waals surface area contributed by atoms with Gasteiger partial charge in [-0.3, -0.25) is 9.59 Å². The minimum absolute atomic E-state index is 0.00908. The van der Waals surface area contributed by atoms with Gasteiger partial charge >= 0.3 is 17.8 Å². The van der Waals surface area contributed by atoms with Crippen molar-refractivity contribution in [3.63, 3.8) is 0 Å². The van der Waals surface area contributed by atoms with Crippen molar-refractivity contribution in [3.05, 3.63) is 12.2 Å². The van der Waals surface area contributed by atoms with Gasteiger partial charge in [-0.15, -0.1) is 0 Å². The Labute approximate surface area is 205 Å². The number of esters is 1. The van der Waals surface area contributed by atoms with Crippen molar-refractivity contribution < 1.29 is 33.3 Å². The first-order valence-corrected chi connectivity index (χ1v) is 12.7. The van der Waals surface area contributed by atoms with Gasteiger partial charge in [-0.2, -0.15) is 0 Å². The molecule has 0 saturated carbocycles. The Kier molecular flexibility index (Phi) is 24.2. The van der Waals surface area contributed by atoms with Gasteiger partial charge in [-0.1, -0.05) is 38.3 Å². The van der Waals surface area contributed by atoms with E-state index in [9.17, 15) is 14.4 Å². The molecule has 0 saturated heterocycles. The zero-order valence-electron chi connectivity index (χ0n) is 21.2. The molecule has 34 heavy (non-hydrogen) atoms. The maximum Gasteiger partial charge on any atom is 0.332 e. The number of rotatable bonds is 23. The highest BCUT2D eigenvalue weighted by atomic mass is 16.6. The van der Waals surface area contributed by atoms with Gasteiger partial charge in [0.2, 0.25) is 0 Å². The molecule has 0 radical (unpaired) electrons. The van der Waals surface area contributed by atoms with Crippen LogP contribution in [0.2, 0.25) is 0 Å². The van der Waals surface area contributed by atoms with Gasteiger partial charge in [0.25, 0.3) is 0 Å². The van der Waals surface area contributed by atoms with E-state index in [0.29, 0.717) is 33.0 Å². The summed E-state index contributed by atoms with van der Waals surface area (Å²) >= 11 is 0. The van der Waals surface area contributed by atoms with Crippen molar-refractivity contribution in [2.45, 2.75) is 71.1 Å². The third kappa shape index (κ3) is 23.2. The van der Waals surface area contributed by atoms with Crippen LogP contribution in [0.4, 0.5) is 0 Å². The molecule has 0 aromatic rings. The summed E-state index contributed by atoms with van der Waals surface area (Å²) in [6.45, 7) is 5.56. The molecule has 198 valence electrons. The summed E-state index contributed by atoms with van der Waals surface area (Å²) in [4.78, 5) is 33.8. The zero-order chi connectivity index (χ0) is 25.1. The fraction of sp³-hybridized carbons (Fsp3) is 0.800. The topological polar surface area (TPSA) is 112 Å². The van der Waals surface area contributed by atoms with E-state index in [0.717, 1.165) is 58.0 Å². The Morgan fingerprint density at radius 1 is 0.676 bits per heavy atom. The summed E-state index contributed by atoms with van der Waals surface area (Å²) in [6.07, 6.45) is 14.8. The van der Waals surface area contributed by atoms with E-state index < -0.39 is 11.8 Å². The number of carbonyl (C=O) groups excluding carboxylic acids is 3. The van der Waals surface area contributed by atoms with Crippen LogP contribution in [-0.4, -0.2) is 77.6 Å². The normalized spacial score (nSPS) is 11.0. The van der Waals surface area contributed by atoms with E-state index in [2.05, 4.69) is 29.7 Å². The Balaban J connectivity index is 3.27. The summed E-state index contributed by atoms with van der Waals surface area (Å²) in [6, 6.07) is 0.